The number of carbonyl (C=O) groups excluding carboxylic acids is 2. The van der Waals surface area contributed by atoms with Crippen LogP contribution in [0.15, 0.2) is 53.7 Å². The second-order valence-electron chi connectivity index (χ2n) is 6.00. The van der Waals surface area contributed by atoms with Crippen LogP contribution in [0.1, 0.15) is 24.9 Å². The number of ether oxygens (including phenoxy) is 1. The van der Waals surface area contributed by atoms with E-state index < -0.39 is 12.0 Å². The summed E-state index contributed by atoms with van der Waals surface area (Å²) in [6.07, 6.45) is 0.0125. The van der Waals surface area contributed by atoms with Crippen molar-refractivity contribution in [3.63, 3.8) is 0 Å². The van der Waals surface area contributed by atoms with Crippen LogP contribution in [-0.4, -0.2) is 34.2 Å². The minimum atomic E-state index is -0.559. The van der Waals surface area contributed by atoms with Crippen LogP contribution in [0.4, 0.5) is 0 Å². The van der Waals surface area contributed by atoms with Gasteiger partial charge in [0.1, 0.15) is 0 Å². The fourth-order valence-corrected chi connectivity index (χ4v) is 3.71. The highest BCUT2D eigenvalue weighted by Gasteiger charge is 2.21. The third-order valence-corrected chi connectivity index (χ3v) is 5.22. The molecule has 1 heterocycles. The molecular formula is C20H20ClN3O3S. The summed E-state index contributed by atoms with van der Waals surface area (Å²) in [6.45, 7) is 2.02. The van der Waals surface area contributed by atoms with Crippen molar-refractivity contribution in [2.45, 2.75) is 24.5 Å². The molecule has 1 amide bonds. The molecule has 6 nitrogen and oxygen atoms in total. The van der Waals surface area contributed by atoms with Gasteiger partial charge in [-0.05, 0) is 30.7 Å². The quantitative estimate of drug-likeness (QED) is 0.425. The van der Waals surface area contributed by atoms with Gasteiger partial charge in [0.2, 0.25) is 5.91 Å². The second-order valence-corrected chi connectivity index (χ2v) is 7.37. The lowest BCUT2D eigenvalue weighted by atomic mass is 10.0. The van der Waals surface area contributed by atoms with Crippen molar-refractivity contribution < 1.29 is 14.3 Å². The van der Waals surface area contributed by atoms with Gasteiger partial charge in [-0.3, -0.25) is 9.59 Å². The Labute approximate surface area is 172 Å². The van der Waals surface area contributed by atoms with Crippen molar-refractivity contribution in [3.8, 4) is 0 Å². The number of amides is 1. The summed E-state index contributed by atoms with van der Waals surface area (Å²) in [6, 6.07) is 14.2. The van der Waals surface area contributed by atoms with Crippen LogP contribution in [0.5, 0.6) is 0 Å². The number of carbonyl (C=O) groups is 2. The summed E-state index contributed by atoms with van der Waals surface area (Å²) >= 11 is 7.55. The topological polar surface area (TPSA) is 84.1 Å². The summed E-state index contributed by atoms with van der Waals surface area (Å²) in [4.78, 5) is 32.1. The zero-order valence-corrected chi connectivity index (χ0v) is 16.8. The van der Waals surface area contributed by atoms with Crippen LogP contribution in [0, 0.1) is 0 Å². The van der Waals surface area contributed by atoms with Crippen LogP contribution in [0.3, 0.4) is 0 Å². The molecular weight excluding hydrogens is 398 g/mol. The molecule has 3 rings (SSSR count). The number of fused-ring (bicyclic) bond motifs is 1. The Morgan fingerprint density at radius 3 is 2.71 bits per heavy atom. The minimum Gasteiger partial charge on any atom is -0.466 e. The molecule has 0 fully saturated rings. The molecule has 8 heteroatoms. The highest BCUT2D eigenvalue weighted by molar-refractivity contribution is 7.99. The Morgan fingerprint density at radius 2 is 1.96 bits per heavy atom. The number of nitrogens with zero attached hydrogens (tertiary/aromatic N) is 1. The molecule has 1 aromatic heterocycles. The third-order valence-electron chi connectivity index (χ3n) is 4.00. The number of para-hydroxylation sites is 2. The maximum Gasteiger partial charge on any atom is 0.308 e. The lowest BCUT2D eigenvalue weighted by molar-refractivity contribution is -0.143. The number of hydrogen-bond donors (Lipinski definition) is 2. The lowest BCUT2D eigenvalue weighted by Gasteiger charge is -2.19. The summed E-state index contributed by atoms with van der Waals surface area (Å²) in [7, 11) is 0. The van der Waals surface area contributed by atoms with Crippen molar-refractivity contribution >= 4 is 46.3 Å². The monoisotopic (exact) mass is 417 g/mol. The molecule has 0 saturated heterocycles. The fraction of sp³-hybridized carbons (Fsp3) is 0.250. The molecule has 3 aromatic rings. The maximum absolute atomic E-state index is 12.5. The molecule has 0 spiro atoms. The van der Waals surface area contributed by atoms with Gasteiger partial charge in [-0.25, -0.2) is 4.98 Å². The number of imidazole rings is 1. The first-order valence-electron chi connectivity index (χ1n) is 8.83. The van der Waals surface area contributed by atoms with Crippen LogP contribution in [0.2, 0.25) is 5.02 Å². The highest BCUT2D eigenvalue weighted by Crippen LogP contribution is 2.26. The van der Waals surface area contributed by atoms with E-state index in [-0.39, 0.29) is 24.7 Å². The van der Waals surface area contributed by atoms with Crippen LogP contribution in [-0.2, 0) is 14.3 Å². The Kier molecular flexibility index (Phi) is 6.95. The summed E-state index contributed by atoms with van der Waals surface area (Å²) < 4.78 is 5.02. The van der Waals surface area contributed by atoms with E-state index in [4.69, 9.17) is 16.3 Å². The first-order valence-corrected chi connectivity index (χ1v) is 10.2. The molecule has 28 heavy (non-hydrogen) atoms. The van der Waals surface area contributed by atoms with E-state index >= 15 is 0 Å². The Hall–Kier alpha value is -2.51. The molecule has 2 N–H and O–H groups in total. The maximum atomic E-state index is 12.5. The standard InChI is InChI=1S/C20H20ClN3O3S/c1-2-27-19(26)11-17(13-7-3-4-8-14(13)21)22-18(25)12-28-20-23-15-9-5-6-10-16(15)24-20/h3-10,17H,2,11-12H2,1H3,(H,22,25)(H,23,24)/t17-/m0/s1. The number of H-pyrrole nitrogens is 1. The highest BCUT2D eigenvalue weighted by atomic mass is 35.5. The largest absolute Gasteiger partial charge is 0.466 e. The molecule has 0 unspecified atom stereocenters. The number of nitrogens with one attached hydrogen (secondary N) is 2. The molecule has 0 radical (unpaired) electrons. The van der Waals surface area contributed by atoms with Crippen molar-refractivity contribution in [1.29, 1.82) is 0 Å². The average molecular weight is 418 g/mol. The minimum absolute atomic E-state index is 0.0125. The van der Waals surface area contributed by atoms with Gasteiger partial charge in [0.15, 0.2) is 5.16 Å². The number of rotatable bonds is 8. The first kappa shape index (κ1) is 20.2. The molecule has 1 atom stereocenters. The molecule has 0 aliphatic heterocycles. The van der Waals surface area contributed by atoms with E-state index in [1.54, 1.807) is 25.1 Å². The van der Waals surface area contributed by atoms with Gasteiger partial charge in [0.25, 0.3) is 0 Å². The zero-order valence-electron chi connectivity index (χ0n) is 15.3. The number of hydrogen-bond acceptors (Lipinski definition) is 5. The number of aromatic amines is 1. The fourth-order valence-electron chi connectivity index (χ4n) is 2.75. The Bertz CT molecular complexity index is 943. The van der Waals surface area contributed by atoms with E-state index in [9.17, 15) is 9.59 Å². The first-order chi connectivity index (χ1) is 13.6. The van der Waals surface area contributed by atoms with Gasteiger partial charge >= 0.3 is 5.97 Å². The van der Waals surface area contributed by atoms with Crippen molar-refractivity contribution in [3.05, 3.63) is 59.1 Å². The predicted octanol–water partition coefficient (Wildman–Crippen LogP) is 4.12. The summed E-state index contributed by atoms with van der Waals surface area (Å²) in [5.41, 5.74) is 2.45. The van der Waals surface area contributed by atoms with Gasteiger partial charge in [0.05, 0.1) is 35.9 Å². The molecule has 0 saturated carbocycles. The smallest absolute Gasteiger partial charge is 0.308 e. The Balaban J connectivity index is 1.66. The predicted molar refractivity (Wildman–Crippen MR) is 110 cm³/mol. The molecule has 2 aromatic carbocycles. The zero-order chi connectivity index (χ0) is 19.9. The number of halogens is 1. The molecule has 0 aliphatic rings. The Morgan fingerprint density at radius 1 is 1.21 bits per heavy atom. The van der Waals surface area contributed by atoms with E-state index in [1.165, 1.54) is 11.8 Å². The van der Waals surface area contributed by atoms with Crippen molar-refractivity contribution in [2.75, 3.05) is 12.4 Å². The van der Waals surface area contributed by atoms with Crippen molar-refractivity contribution in [2.24, 2.45) is 0 Å². The number of esters is 1. The van der Waals surface area contributed by atoms with Crippen LogP contribution in [0.25, 0.3) is 11.0 Å². The second kappa shape index (κ2) is 9.61. The van der Waals surface area contributed by atoms with E-state index in [1.807, 2.05) is 30.3 Å². The molecule has 0 aliphatic carbocycles. The number of benzene rings is 2. The van der Waals surface area contributed by atoms with Crippen molar-refractivity contribution in [1.82, 2.24) is 15.3 Å². The SMILES string of the molecule is CCOC(=O)C[C@H](NC(=O)CSc1nc2ccccc2[nH]1)c1ccccc1Cl. The average Bonchev–Trinajstić information content (AvgIpc) is 3.09. The van der Waals surface area contributed by atoms with Gasteiger partial charge in [-0.2, -0.15) is 0 Å². The lowest BCUT2D eigenvalue weighted by Crippen LogP contribution is -2.32. The van der Waals surface area contributed by atoms with Gasteiger partial charge in [-0.15, -0.1) is 0 Å². The van der Waals surface area contributed by atoms with Crippen LogP contribution >= 0.6 is 23.4 Å². The third kappa shape index (κ3) is 5.27. The number of aromatic nitrogens is 2. The van der Waals surface area contributed by atoms with E-state index in [0.717, 1.165) is 11.0 Å². The molecule has 146 valence electrons. The van der Waals surface area contributed by atoms with Crippen LogP contribution < -0.4 is 5.32 Å². The van der Waals surface area contributed by atoms with Gasteiger partial charge in [0, 0.05) is 5.02 Å². The van der Waals surface area contributed by atoms with Gasteiger partial charge < -0.3 is 15.0 Å². The van der Waals surface area contributed by atoms with E-state index in [0.29, 0.717) is 15.7 Å². The normalized spacial score (nSPS) is 11.9. The molecule has 0 bridgehead atoms. The van der Waals surface area contributed by atoms with E-state index in [2.05, 4.69) is 15.3 Å². The van der Waals surface area contributed by atoms with Gasteiger partial charge in [-0.1, -0.05) is 53.7 Å². The summed E-state index contributed by atoms with van der Waals surface area (Å²) in [5, 5.41) is 4.03. The number of thioether (sulfide) groups is 1. The summed E-state index contributed by atoms with van der Waals surface area (Å²) in [5.74, 6) is -0.457.